The Labute approximate surface area is 87.1 Å². The van der Waals surface area contributed by atoms with Crippen LogP contribution in [0.1, 0.15) is 23.2 Å². The summed E-state index contributed by atoms with van der Waals surface area (Å²) in [4.78, 5) is 11.7. The van der Waals surface area contributed by atoms with E-state index in [2.05, 4.69) is 5.10 Å². The molecular weight excluding hydrogens is 218 g/mol. The molecule has 0 unspecified atom stereocenters. The third-order valence-electron chi connectivity index (χ3n) is 2.37. The number of carbonyl (C=O) groups is 1. The topological polar surface area (TPSA) is 95.0 Å². The first-order valence-electron chi connectivity index (χ1n) is 4.50. The molecule has 82 valence electrons. The molecule has 15 heavy (non-hydrogen) atoms. The van der Waals surface area contributed by atoms with E-state index in [0.717, 1.165) is 17.5 Å². The van der Waals surface area contributed by atoms with Gasteiger partial charge in [-0.15, -0.1) is 0 Å². The smallest absolute Gasteiger partial charge is 0.255 e. The van der Waals surface area contributed by atoms with Crippen molar-refractivity contribution in [1.82, 2.24) is 9.78 Å². The molecule has 0 aromatic carbocycles. The first-order valence-corrected chi connectivity index (χ1v) is 6.05. The van der Waals surface area contributed by atoms with E-state index in [1.165, 1.54) is 13.2 Å². The van der Waals surface area contributed by atoms with Crippen LogP contribution in [-0.2, 0) is 17.1 Å². The number of aromatic nitrogens is 2. The number of nitrogens with two attached hydrogens (primary N) is 1. The van der Waals surface area contributed by atoms with E-state index in [1.54, 1.807) is 0 Å². The fourth-order valence-electron chi connectivity index (χ4n) is 1.50. The summed E-state index contributed by atoms with van der Waals surface area (Å²) in [7, 11) is -2.44. The molecule has 0 atom stereocenters. The van der Waals surface area contributed by atoms with Gasteiger partial charge in [0.2, 0.25) is 0 Å². The van der Waals surface area contributed by atoms with E-state index in [4.69, 9.17) is 5.14 Å². The average Bonchev–Trinajstić information content (AvgIpc) is 2.86. The molecule has 1 aliphatic rings. The lowest BCUT2D eigenvalue weighted by molar-refractivity contribution is 0.0964. The molecule has 0 amide bonds. The first kappa shape index (κ1) is 10.3. The number of primary sulfonamides is 1. The highest BCUT2D eigenvalue weighted by atomic mass is 32.2. The van der Waals surface area contributed by atoms with Crippen LogP contribution in [0.5, 0.6) is 0 Å². The highest BCUT2D eigenvalue weighted by Gasteiger charge is 2.35. The van der Waals surface area contributed by atoms with Crippen LogP contribution in [0.4, 0.5) is 0 Å². The third-order valence-corrected chi connectivity index (χ3v) is 3.39. The molecule has 0 aliphatic heterocycles. The number of sulfonamides is 1. The standard InChI is InChI=1S/C8H11N3O3S/c1-11-8(15(9,13)14)6(4-10-11)7(12)5-2-3-5/h4-5H,2-3H2,1H3,(H2,9,13,14). The summed E-state index contributed by atoms with van der Waals surface area (Å²) in [6.07, 6.45) is 2.90. The molecule has 1 aromatic rings. The van der Waals surface area contributed by atoms with Gasteiger partial charge in [-0.3, -0.25) is 9.48 Å². The van der Waals surface area contributed by atoms with Gasteiger partial charge < -0.3 is 0 Å². The van der Waals surface area contributed by atoms with Crippen LogP contribution < -0.4 is 5.14 Å². The Morgan fingerprint density at radius 2 is 2.20 bits per heavy atom. The van der Waals surface area contributed by atoms with Gasteiger partial charge in [0, 0.05) is 13.0 Å². The molecule has 1 aromatic heterocycles. The molecule has 0 radical (unpaired) electrons. The fourth-order valence-corrected chi connectivity index (χ4v) is 2.37. The molecule has 2 rings (SSSR count). The Morgan fingerprint density at radius 3 is 2.67 bits per heavy atom. The zero-order valence-electron chi connectivity index (χ0n) is 8.17. The number of hydrogen-bond acceptors (Lipinski definition) is 4. The van der Waals surface area contributed by atoms with E-state index in [1.807, 2.05) is 0 Å². The zero-order valence-corrected chi connectivity index (χ0v) is 8.99. The van der Waals surface area contributed by atoms with Gasteiger partial charge in [-0.05, 0) is 12.8 Å². The number of carbonyl (C=O) groups excluding carboxylic acids is 1. The van der Waals surface area contributed by atoms with Gasteiger partial charge in [0.05, 0.1) is 11.8 Å². The van der Waals surface area contributed by atoms with Gasteiger partial charge in [-0.25, -0.2) is 13.6 Å². The molecule has 1 aliphatic carbocycles. The lowest BCUT2D eigenvalue weighted by Crippen LogP contribution is -2.20. The number of hydrogen-bond donors (Lipinski definition) is 1. The van der Waals surface area contributed by atoms with Crippen LogP contribution in [0, 0.1) is 5.92 Å². The third kappa shape index (κ3) is 1.80. The maximum Gasteiger partial charge on any atom is 0.255 e. The van der Waals surface area contributed by atoms with Crippen LogP contribution >= 0.6 is 0 Å². The summed E-state index contributed by atoms with van der Waals surface area (Å²) in [6.45, 7) is 0. The second-order valence-electron chi connectivity index (χ2n) is 3.67. The molecule has 7 heteroatoms. The lowest BCUT2D eigenvalue weighted by Gasteiger charge is -2.01. The summed E-state index contributed by atoms with van der Waals surface area (Å²) >= 11 is 0. The molecule has 1 heterocycles. The predicted molar refractivity (Wildman–Crippen MR) is 51.6 cm³/mol. The van der Waals surface area contributed by atoms with E-state index in [-0.39, 0.29) is 22.3 Å². The van der Waals surface area contributed by atoms with Crippen molar-refractivity contribution in [3.05, 3.63) is 11.8 Å². The quantitative estimate of drug-likeness (QED) is 0.717. The molecule has 1 fully saturated rings. The van der Waals surface area contributed by atoms with Crippen molar-refractivity contribution in [1.29, 1.82) is 0 Å². The van der Waals surface area contributed by atoms with E-state index in [9.17, 15) is 13.2 Å². The van der Waals surface area contributed by atoms with Crippen LogP contribution in [0.3, 0.4) is 0 Å². The van der Waals surface area contributed by atoms with Gasteiger partial charge in [-0.2, -0.15) is 5.10 Å². The number of nitrogens with zero attached hydrogens (tertiary/aromatic N) is 2. The predicted octanol–water partition coefficient (Wildman–Crippen LogP) is -0.340. The van der Waals surface area contributed by atoms with Crippen LogP contribution in [0.25, 0.3) is 0 Å². The van der Waals surface area contributed by atoms with Gasteiger partial charge >= 0.3 is 0 Å². The molecule has 0 spiro atoms. The van der Waals surface area contributed by atoms with Crippen LogP contribution in [-0.4, -0.2) is 24.0 Å². The van der Waals surface area contributed by atoms with Gasteiger partial charge in [0.1, 0.15) is 0 Å². The van der Waals surface area contributed by atoms with Crippen LogP contribution in [0.2, 0.25) is 0 Å². The second-order valence-corrected chi connectivity index (χ2v) is 5.15. The van der Waals surface area contributed by atoms with Crippen molar-refractivity contribution in [2.24, 2.45) is 18.1 Å². The summed E-state index contributed by atoms with van der Waals surface area (Å²) in [5, 5.41) is 8.58. The van der Waals surface area contributed by atoms with Gasteiger partial charge in [0.25, 0.3) is 10.0 Å². The first-order chi connectivity index (χ1) is 6.91. The number of Topliss-reactive ketones (excluding diaryl/α,β-unsaturated/α-hetero) is 1. The lowest BCUT2D eigenvalue weighted by atomic mass is 10.1. The van der Waals surface area contributed by atoms with E-state index < -0.39 is 10.0 Å². The van der Waals surface area contributed by atoms with Crippen molar-refractivity contribution in [2.75, 3.05) is 0 Å². The molecule has 0 bridgehead atoms. The number of aryl methyl sites for hydroxylation is 1. The van der Waals surface area contributed by atoms with Gasteiger partial charge in [-0.1, -0.05) is 0 Å². The number of rotatable bonds is 3. The normalized spacial score (nSPS) is 16.7. The van der Waals surface area contributed by atoms with Crippen molar-refractivity contribution in [2.45, 2.75) is 17.9 Å². The highest BCUT2D eigenvalue weighted by molar-refractivity contribution is 7.89. The van der Waals surface area contributed by atoms with Gasteiger partial charge in [0.15, 0.2) is 10.8 Å². The summed E-state index contributed by atoms with van der Waals surface area (Å²) in [5.74, 6) is -0.221. The SMILES string of the molecule is Cn1ncc(C(=O)C2CC2)c1S(N)(=O)=O. The maximum atomic E-state index is 11.7. The Bertz CT molecular complexity index is 513. The summed E-state index contributed by atoms with van der Waals surface area (Å²) in [5.41, 5.74) is 0.113. The minimum atomic E-state index is -3.89. The minimum Gasteiger partial charge on any atom is -0.294 e. The van der Waals surface area contributed by atoms with Crippen LogP contribution in [0.15, 0.2) is 11.2 Å². The zero-order chi connectivity index (χ0) is 11.2. The highest BCUT2D eigenvalue weighted by Crippen LogP contribution is 2.33. The van der Waals surface area contributed by atoms with Crippen molar-refractivity contribution in [3.8, 4) is 0 Å². The molecular formula is C8H11N3O3S. The summed E-state index contributed by atoms with van der Waals surface area (Å²) in [6, 6.07) is 0. The van der Waals surface area contributed by atoms with Crippen molar-refractivity contribution >= 4 is 15.8 Å². The maximum absolute atomic E-state index is 11.7. The fraction of sp³-hybridized carbons (Fsp3) is 0.500. The Hall–Kier alpha value is -1.21. The Balaban J connectivity index is 2.53. The van der Waals surface area contributed by atoms with E-state index in [0.29, 0.717) is 0 Å². The average molecular weight is 229 g/mol. The molecule has 1 saturated carbocycles. The Kier molecular flexibility index (Phi) is 2.16. The molecule has 0 saturated heterocycles. The Morgan fingerprint density at radius 1 is 1.60 bits per heavy atom. The molecule has 6 nitrogen and oxygen atoms in total. The second kappa shape index (κ2) is 3.14. The summed E-state index contributed by atoms with van der Waals surface area (Å²) < 4.78 is 23.6. The largest absolute Gasteiger partial charge is 0.294 e. The minimum absolute atomic E-state index is 0.0466. The number of ketones is 1. The van der Waals surface area contributed by atoms with E-state index >= 15 is 0 Å². The molecule has 2 N–H and O–H groups in total. The monoisotopic (exact) mass is 229 g/mol. The van der Waals surface area contributed by atoms with Crippen molar-refractivity contribution in [3.63, 3.8) is 0 Å². The van der Waals surface area contributed by atoms with Crippen molar-refractivity contribution < 1.29 is 13.2 Å².